The molecule has 36 heavy (non-hydrogen) atoms. The number of aromatic nitrogens is 3. The van der Waals surface area contributed by atoms with Crippen molar-refractivity contribution in [3.63, 3.8) is 0 Å². The lowest BCUT2D eigenvalue weighted by molar-refractivity contribution is 0.0981. The van der Waals surface area contributed by atoms with Gasteiger partial charge in [0, 0.05) is 42.5 Å². The maximum absolute atomic E-state index is 13.2. The molecular weight excluding hydrogens is 476 g/mol. The number of nitrogens with zero attached hydrogens (tertiary/aromatic N) is 3. The van der Waals surface area contributed by atoms with E-state index in [9.17, 15) is 13.2 Å². The fourth-order valence-corrected chi connectivity index (χ4v) is 5.83. The summed E-state index contributed by atoms with van der Waals surface area (Å²) in [6.07, 6.45) is 4.41. The molecule has 0 radical (unpaired) electrons. The van der Waals surface area contributed by atoms with Gasteiger partial charge in [-0.1, -0.05) is 13.0 Å². The van der Waals surface area contributed by atoms with E-state index >= 15 is 0 Å². The first kappa shape index (κ1) is 23.8. The average Bonchev–Trinajstić information content (AvgIpc) is 3.41. The number of benzene rings is 1. The van der Waals surface area contributed by atoms with Gasteiger partial charge in [0.2, 0.25) is 0 Å². The molecule has 0 aliphatic carbocycles. The third kappa shape index (κ3) is 4.64. The summed E-state index contributed by atoms with van der Waals surface area (Å²) < 4.78 is 28.4. The molecule has 0 saturated carbocycles. The van der Waals surface area contributed by atoms with Crippen LogP contribution in [-0.2, 0) is 10.0 Å². The number of aromatic amines is 1. The van der Waals surface area contributed by atoms with E-state index < -0.39 is 15.9 Å². The van der Waals surface area contributed by atoms with Crippen LogP contribution in [0.1, 0.15) is 39.0 Å². The largest absolute Gasteiger partial charge is 0.361 e. The summed E-state index contributed by atoms with van der Waals surface area (Å²) in [6.45, 7) is 7.08. The van der Waals surface area contributed by atoms with Crippen molar-refractivity contribution in [3.8, 4) is 0 Å². The second kappa shape index (κ2) is 8.94. The van der Waals surface area contributed by atoms with Crippen LogP contribution in [0, 0.1) is 5.92 Å². The number of sulfonamides is 1. The Morgan fingerprint density at radius 3 is 2.78 bits per heavy atom. The number of hydrogen-bond donors (Lipinski definition) is 3. The Bertz CT molecular complexity index is 1550. The van der Waals surface area contributed by atoms with E-state index in [1.165, 1.54) is 6.07 Å². The van der Waals surface area contributed by atoms with Crippen molar-refractivity contribution in [2.45, 2.75) is 37.8 Å². The SMILES string of the molecule is CC1CN(c2ncccc2C(=O)NS(=O)(=O)c2cccc(Nc3ccc4[nH]ccc4c3)n2)C(C)(C)C1.[HH]. The van der Waals surface area contributed by atoms with Crippen LogP contribution in [-0.4, -0.2) is 41.4 Å². The summed E-state index contributed by atoms with van der Waals surface area (Å²) in [5, 5.41) is 3.88. The van der Waals surface area contributed by atoms with Gasteiger partial charge in [0.1, 0.15) is 11.6 Å². The van der Waals surface area contributed by atoms with Gasteiger partial charge in [-0.25, -0.2) is 14.7 Å². The zero-order valence-corrected chi connectivity index (χ0v) is 21.1. The predicted octanol–water partition coefficient (Wildman–Crippen LogP) is 4.69. The Kier molecular flexibility index (Phi) is 5.91. The third-order valence-electron chi connectivity index (χ3n) is 6.41. The smallest absolute Gasteiger partial charge is 0.281 e. The Hall–Kier alpha value is -3.92. The lowest BCUT2D eigenvalue weighted by Crippen LogP contribution is -2.41. The minimum atomic E-state index is -4.23. The molecule has 0 spiro atoms. The van der Waals surface area contributed by atoms with E-state index in [2.05, 4.69) is 50.7 Å². The molecule has 1 aliphatic heterocycles. The second-order valence-electron chi connectivity index (χ2n) is 9.81. The number of carbonyl (C=O) groups excluding carboxylic acids is 1. The molecule has 1 aliphatic rings. The van der Waals surface area contributed by atoms with Crippen molar-refractivity contribution in [1.29, 1.82) is 0 Å². The fraction of sp³-hybridized carbons (Fsp3) is 0.269. The van der Waals surface area contributed by atoms with Crippen LogP contribution < -0.4 is 14.9 Å². The normalized spacial score (nSPS) is 17.3. The zero-order valence-electron chi connectivity index (χ0n) is 20.3. The van der Waals surface area contributed by atoms with Crippen molar-refractivity contribution in [1.82, 2.24) is 19.7 Å². The lowest BCUT2D eigenvalue weighted by atomic mass is 9.97. The zero-order chi connectivity index (χ0) is 25.5. The van der Waals surface area contributed by atoms with Gasteiger partial charge >= 0.3 is 0 Å². The Morgan fingerprint density at radius 1 is 1.17 bits per heavy atom. The number of amides is 1. The number of pyridine rings is 2. The maximum Gasteiger partial charge on any atom is 0.281 e. The molecule has 1 unspecified atom stereocenters. The van der Waals surface area contributed by atoms with E-state index in [1.54, 1.807) is 30.5 Å². The van der Waals surface area contributed by atoms with E-state index in [4.69, 9.17) is 0 Å². The monoisotopic (exact) mass is 506 g/mol. The molecule has 10 heteroatoms. The van der Waals surface area contributed by atoms with Gasteiger partial charge in [0.15, 0.2) is 5.03 Å². The molecule has 1 atom stereocenters. The van der Waals surface area contributed by atoms with Crippen LogP contribution in [0.5, 0.6) is 0 Å². The van der Waals surface area contributed by atoms with Gasteiger partial charge in [-0.3, -0.25) is 4.79 Å². The first-order chi connectivity index (χ1) is 17.1. The third-order valence-corrected chi connectivity index (χ3v) is 7.64. The molecule has 188 valence electrons. The van der Waals surface area contributed by atoms with Crippen LogP contribution in [0.15, 0.2) is 72.0 Å². The van der Waals surface area contributed by atoms with Crippen LogP contribution >= 0.6 is 0 Å². The molecule has 5 rings (SSSR count). The van der Waals surface area contributed by atoms with Gasteiger partial charge in [-0.05, 0) is 74.7 Å². The van der Waals surface area contributed by atoms with E-state index in [0.717, 1.165) is 29.6 Å². The summed E-state index contributed by atoms with van der Waals surface area (Å²) in [4.78, 5) is 27.1. The molecule has 3 N–H and O–H groups in total. The van der Waals surface area contributed by atoms with Gasteiger partial charge in [-0.2, -0.15) is 8.42 Å². The van der Waals surface area contributed by atoms with Crippen molar-refractivity contribution in [3.05, 3.63) is 72.6 Å². The number of carbonyl (C=O) groups is 1. The summed E-state index contributed by atoms with van der Waals surface area (Å²) >= 11 is 0. The van der Waals surface area contributed by atoms with Gasteiger partial charge in [-0.15, -0.1) is 0 Å². The van der Waals surface area contributed by atoms with Crippen LogP contribution in [0.3, 0.4) is 0 Å². The van der Waals surface area contributed by atoms with E-state index in [1.807, 2.05) is 30.5 Å². The van der Waals surface area contributed by atoms with E-state index in [0.29, 0.717) is 17.6 Å². The van der Waals surface area contributed by atoms with Crippen LogP contribution in [0.4, 0.5) is 17.3 Å². The summed E-state index contributed by atoms with van der Waals surface area (Å²) in [7, 11) is -4.23. The molecule has 4 heterocycles. The molecule has 0 bridgehead atoms. The summed E-state index contributed by atoms with van der Waals surface area (Å²) in [5.41, 5.74) is 1.76. The quantitative estimate of drug-likeness (QED) is 0.347. The van der Waals surface area contributed by atoms with Gasteiger partial charge in [0.05, 0.1) is 5.56 Å². The summed E-state index contributed by atoms with van der Waals surface area (Å²) in [6, 6.07) is 15.5. The van der Waals surface area contributed by atoms with Crippen molar-refractivity contribution in [2.75, 3.05) is 16.8 Å². The standard InChI is InChI=1S/C26H28N6O3S.H2/c1-17-15-26(2,3)32(16-17)24-20(6-5-12-28-24)25(33)31-36(34,35)23-8-4-7-22(30-23)29-19-9-10-21-18(14-19)11-13-27-21;/h4-14,17,27H,15-16H2,1-3H3,(H,29,30)(H,31,33);1H. The highest BCUT2D eigenvalue weighted by Gasteiger charge is 2.39. The molecule has 1 fully saturated rings. The molecule has 9 nitrogen and oxygen atoms in total. The highest BCUT2D eigenvalue weighted by Crippen LogP contribution is 2.37. The van der Waals surface area contributed by atoms with Crippen molar-refractivity contribution in [2.24, 2.45) is 5.92 Å². The fourth-order valence-electron chi connectivity index (χ4n) is 4.89. The second-order valence-corrected chi connectivity index (χ2v) is 11.4. The molecule has 3 aromatic heterocycles. The van der Waals surface area contributed by atoms with Crippen molar-refractivity contribution >= 4 is 44.2 Å². The topological polar surface area (TPSA) is 120 Å². The van der Waals surface area contributed by atoms with E-state index in [-0.39, 0.29) is 17.6 Å². The van der Waals surface area contributed by atoms with Gasteiger partial charge in [0.25, 0.3) is 15.9 Å². The highest BCUT2D eigenvalue weighted by atomic mass is 32.2. The number of H-pyrrole nitrogens is 1. The molecule has 1 aromatic carbocycles. The molecule has 1 amide bonds. The van der Waals surface area contributed by atoms with Crippen molar-refractivity contribution < 1.29 is 14.6 Å². The molecule has 1 saturated heterocycles. The Balaban J connectivity index is 0.00000320. The first-order valence-corrected chi connectivity index (χ1v) is 13.2. The number of fused-ring (bicyclic) bond motifs is 1. The number of rotatable bonds is 6. The molecule has 4 aromatic rings. The lowest BCUT2D eigenvalue weighted by Gasteiger charge is -2.33. The number of nitrogens with one attached hydrogen (secondary N) is 3. The first-order valence-electron chi connectivity index (χ1n) is 11.7. The average molecular weight is 507 g/mol. The Morgan fingerprint density at radius 2 is 2.00 bits per heavy atom. The predicted molar refractivity (Wildman–Crippen MR) is 142 cm³/mol. The minimum Gasteiger partial charge on any atom is -0.361 e. The maximum atomic E-state index is 13.2. The summed E-state index contributed by atoms with van der Waals surface area (Å²) in [5.74, 6) is 0.503. The van der Waals surface area contributed by atoms with Crippen LogP contribution in [0.25, 0.3) is 10.9 Å². The molecular formula is C26H30N6O3S. The van der Waals surface area contributed by atoms with Crippen LogP contribution in [0.2, 0.25) is 0 Å². The Labute approximate surface area is 211 Å². The number of anilines is 3. The highest BCUT2D eigenvalue weighted by molar-refractivity contribution is 7.90. The minimum absolute atomic E-state index is 0. The number of hydrogen-bond acceptors (Lipinski definition) is 7. The van der Waals surface area contributed by atoms with Gasteiger partial charge < -0.3 is 15.2 Å².